The summed E-state index contributed by atoms with van der Waals surface area (Å²) in [5.74, 6) is 4.57. The Morgan fingerprint density at radius 3 is 1.19 bits per heavy atom. The van der Waals surface area contributed by atoms with Gasteiger partial charge in [-0.3, -0.25) is 26.2 Å². The molecule has 3 aromatic carbocycles. The van der Waals surface area contributed by atoms with Crippen molar-refractivity contribution in [2.24, 2.45) is 15.3 Å². The number of nitrogens with zero attached hydrogens (tertiary/aromatic N) is 16. The first kappa shape index (κ1) is 70.3. The SMILES string of the molecule is Cc1cccc(/C=N/Nc2cc(N3CCOCC3)nc(OCCc3ccc(N)nc3)n2)c1.Cc1cccc(/C=N/Nc2cc(N3CCOCC3)nc(OCCc3ccc(N4CCOCC4)cn3)n2)c1.Cc1cccc(/C=N/Nc2cc(N3CCOCC3)nc(OCCc3ccccn3)n2)c1. The first-order valence-corrected chi connectivity index (χ1v) is 33.6. The molecule has 10 heterocycles. The number of hydrogen-bond donors (Lipinski definition) is 4. The molecule has 27 heteroatoms. The Labute approximate surface area is 582 Å². The Morgan fingerprint density at radius 2 is 0.820 bits per heavy atom. The van der Waals surface area contributed by atoms with E-state index in [0.29, 0.717) is 120 Å². The monoisotopic (exact) mass is 1350 g/mol. The highest BCUT2D eigenvalue weighted by Gasteiger charge is 2.20. The molecule has 0 saturated carbocycles. The van der Waals surface area contributed by atoms with Crippen LogP contribution in [0.15, 0.2) is 167 Å². The van der Waals surface area contributed by atoms with Gasteiger partial charge in [-0.2, -0.15) is 45.2 Å². The third-order valence-corrected chi connectivity index (χ3v) is 15.9. The van der Waals surface area contributed by atoms with E-state index in [1.807, 2.05) is 104 Å². The predicted octanol–water partition coefficient (Wildman–Crippen LogP) is 8.67. The lowest BCUT2D eigenvalue weighted by atomic mass is 10.2. The van der Waals surface area contributed by atoms with Gasteiger partial charge in [0, 0.05) is 114 Å². The molecular weight excluding hydrogens is 1270 g/mol. The number of aryl methyl sites for hydroxylation is 3. The summed E-state index contributed by atoms with van der Waals surface area (Å²) in [6.07, 6.45) is 12.8. The summed E-state index contributed by atoms with van der Waals surface area (Å²) in [6, 6.07) is 44.6. The molecule has 6 aromatic heterocycles. The van der Waals surface area contributed by atoms with E-state index >= 15 is 0 Å². The van der Waals surface area contributed by atoms with E-state index in [4.69, 9.17) is 38.9 Å². The van der Waals surface area contributed by atoms with Gasteiger partial charge in [0.1, 0.15) is 23.3 Å². The van der Waals surface area contributed by atoms with Gasteiger partial charge < -0.3 is 58.5 Å². The third-order valence-electron chi connectivity index (χ3n) is 15.9. The van der Waals surface area contributed by atoms with Gasteiger partial charge in [-0.15, -0.1) is 0 Å². The van der Waals surface area contributed by atoms with Crippen molar-refractivity contribution in [1.29, 1.82) is 0 Å². The molecule has 4 fully saturated rings. The summed E-state index contributed by atoms with van der Waals surface area (Å²) in [4.78, 5) is 49.1. The molecular formula is C73H86N20O7. The van der Waals surface area contributed by atoms with Crippen LogP contribution in [0.5, 0.6) is 18.0 Å². The number of nitrogen functional groups attached to an aromatic ring is 1. The van der Waals surface area contributed by atoms with Crippen LogP contribution in [0.4, 0.5) is 46.4 Å². The Morgan fingerprint density at radius 1 is 0.410 bits per heavy atom. The second kappa shape index (κ2) is 37.7. The lowest BCUT2D eigenvalue weighted by Gasteiger charge is -2.28. The Bertz CT molecular complexity index is 4060. The van der Waals surface area contributed by atoms with Gasteiger partial charge in [0.05, 0.1) is 103 Å². The van der Waals surface area contributed by atoms with Crippen LogP contribution >= 0.6 is 0 Å². The van der Waals surface area contributed by atoms with E-state index in [2.05, 4.69) is 146 Å². The average Bonchev–Trinajstić information content (AvgIpc) is 0.887. The van der Waals surface area contributed by atoms with Crippen LogP contribution < -0.4 is 55.8 Å². The Hall–Kier alpha value is -11.0. The number of nitrogens with one attached hydrogen (secondary N) is 3. The molecule has 0 radical (unpaired) electrons. The largest absolute Gasteiger partial charge is 0.463 e. The fourth-order valence-corrected chi connectivity index (χ4v) is 10.7. The molecule has 4 aliphatic heterocycles. The standard InChI is InChI=1S/C27H33N7O3.C23H27N7O2.C23H26N6O2/c1-21-3-2-4-22(17-21)19-29-32-25-18-26(34-10-15-36-16-11-34)31-27(30-25)37-12-7-23-5-6-24(20-28-23)33-8-13-35-14-9-33;1-17-3-2-4-19(13-17)16-26-29-21-14-22(30-8-11-31-12-9-30)28-23(27-21)32-10-7-18-5-6-20(24)25-15-18;1-18-5-4-6-19(15-18)17-25-28-21-16-22(29-10-13-30-14-11-29)27-23(26-21)31-12-8-20-7-2-3-9-24-20/h2-6,17-20H,7-16H2,1H3,(H,30,31,32);2-6,13-16H,7-12H2,1H3,(H2,24,25)(H,27,28,29);2-7,9,15-17H,8,10-14H2,1H3,(H,26,27,28)/b29-19+;26-16+;25-17+. The van der Waals surface area contributed by atoms with E-state index < -0.39 is 0 Å². The maximum Gasteiger partial charge on any atom is 0.320 e. The fraction of sp³-hybridized carbons (Fsp3) is 0.342. The number of hydrogen-bond acceptors (Lipinski definition) is 27. The van der Waals surface area contributed by atoms with E-state index in [-0.39, 0.29) is 0 Å². The number of rotatable bonds is 25. The van der Waals surface area contributed by atoms with Crippen molar-refractivity contribution in [2.75, 3.05) is 167 Å². The van der Waals surface area contributed by atoms with Crippen LogP contribution in [0.1, 0.15) is 50.3 Å². The molecule has 520 valence electrons. The molecule has 0 atom stereocenters. The molecule has 0 spiro atoms. The van der Waals surface area contributed by atoms with Gasteiger partial charge in [-0.25, -0.2) is 4.98 Å². The molecule has 0 aliphatic carbocycles. The summed E-state index contributed by atoms with van der Waals surface area (Å²) >= 11 is 0. The molecule has 0 bridgehead atoms. The van der Waals surface area contributed by atoms with E-state index in [1.165, 1.54) is 16.7 Å². The van der Waals surface area contributed by atoms with Gasteiger partial charge >= 0.3 is 18.0 Å². The third kappa shape index (κ3) is 23.1. The minimum absolute atomic E-state index is 0.297. The zero-order valence-electron chi connectivity index (χ0n) is 56.8. The number of aromatic nitrogens is 9. The summed E-state index contributed by atoms with van der Waals surface area (Å²) in [7, 11) is 0. The van der Waals surface area contributed by atoms with Crippen LogP contribution in [0.25, 0.3) is 0 Å². The number of anilines is 8. The van der Waals surface area contributed by atoms with Gasteiger partial charge in [0.15, 0.2) is 17.5 Å². The maximum absolute atomic E-state index is 5.97. The van der Waals surface area contributed by atoms with E-state index in [9.17, 15) is 0 Å². The molecule has 100 heavy (non-hydrogen) atoms. The van der Waals surface area contributed by atoms with Crippen molar-refractivity contribution in [1.82, 2.24) is 44.9 Å². The molecule has 0 unspecified atom stereocenters. The molecule has 0 amide bonds. The van der Waals surface area contributed by atoms with Crippen LogP contribution in [-0.2, 0) is 38.2 Å². The fourth-order valence-electron chi connectivity index (χ4n) is 10.7. The maximum atomic E-state index is 5.97. The van der Waals surface area contributed by atoms with Crippen LogP contribution in [0.2, 0.25) is 0 Å². The Balaban J connectivity index is 0.000000152. The van der Waals surface area contributed by atoms with Crippen molar-refractivity contribution >= 4 is 65.1 Å². The molecule has 4 saturated heterocycles. The van der Waals surface area contributed by atoms with Crippen molar-refractivity contribution < 1.29 is 33.2 Å². The van der Waals surface area contributed by atoms with Crippen LogP contribution in [-0.4, -0.2) is 189 Å². The van der Waals surface area contributed by atoms with Gasteiger partial charge in [-0.1, -0.05) is 102 Å². The summed E-state index contributed by atoms with van der Waals surface area (Å²) in [5, 5.41) is 13.0. The highest BCUT2D eigenvalue weighted by atomic mass is 16.5. The summed E-state index contributed by atoms with van der Waals surface area (Å²) in [6.45, 7) is 19.4. The topological polar surface area (TPSA) is 293 Å². The van der Waals surface area contributed by atoms with Gasteiger partial charge in [0.2, 0.25) is 0 Å². The first-order chi connectivity index (χ1) is 49.1. The van der Waals surface area contributed by atoms with Crippen molar-refractivity contribution in [3.8, 4) is 18.0 Å². The van der Waals surface area contributed by atoms with Crippen LogP contribution in [0.3, 0.4) is 0 Å². The molecule has 27 nitrogen and oxygen atoms in total. The predicted molar refractivity (Wildman–Crippen MR) is 390 cm³/mol. The highest BCUT2D eigenvalue weighted by Crippen LogP contribution is 2.25. The molecule has 5 N–H and O–H groups in total. The number of nitrogens with two attached hydrogens (primary N) is 1. The zero-order valence-corrected chi connectivity index (χ0v) is 56.8. The minimum Gasteiger partial charge on any atom is -0.463 e. The lowest BCUT2D eigenvalue weighted by Crippen LogP contribution is -2.36. The molecule has 4 aliphatic rings. The van der Waals surface area contributed by atoms with Gasteiger partial charge in [0.25, 0.3) is 0 Å². The zero-order chi connectivity index (χ0) is 68.8. The van der Waals surface area contributed by atoms with Crippen molar-refractivity contribution in [3.05, 3.63) is 202 Å². The summed E-state index contributed by atoms with van der Waals surface area (Å²) in [5.41, 5.74) is 25.3. The average molecular weight is 1360 g/mol. The first-order valence-electron chi connectivity index (χ1n) is 33.6. The molecule has 13 rings (SSSR count). The smallest absolute Gasteiger partial charge is 0.320 e. The van der Waals surface area contributed by atoms with Gasteiger partial charge in [-0.05, 0) is 73.4 Å². The van der Waals surface area contributed by atoms with E-state index in [1.54, 1.807) is 37.1 Å². The lowest BCUT2D eigenvalue weighted by molar-refractivity contribution is 0.122. The second-order valence-electron chi connectivity index (χ2n) is 23.6. The number of morpholine rings is 4. The van der Waals surface area contributed by atoms with Crippen molar-refractivity contribution in [3.63, 3.8) is 0 Å². The highest BCUT2D eigenvalue weighted by molar-refractivity contribution is 5.81. The van der Waals surface area contributed by atoms with Crippen LogP contribution in [0, 0.1) is 20.8 Å². The summed E-state index contributed by atoms with van der Waals surface area (Å²) < 4.78 is 39.5. The van der Waals surface area contributed by atoms with E-state index in [0.717, 1.165) is 122 Å². The number of ether oxygens (including phenoxy) is 7. The number of hydrazone groups is 3. The van der Waals surface area contributed by atoms with Crippen molar-refractivity contribution in [2.45, 2.75) is 40.0 Å². The number of benzene rings is 3. The Kier molecular flexibility index (Phi) is 26.5. The molecule has 9 aromatic rings. The minimum atomic E-state index is 0.297. The normalized spacial score (nSPS) is 14.8. The second-order valence-corrected chi connectivity index (χ2v) is 23.6. The number of pyridine rings is 3. The quantitative estimate of drug-likeness (QED) is 0.0307.